The van der Waals surface area contributed by atoms with Crippen molar-refractivity contribution in [2.24, 2.45) is 5.14 Å². The summed E-state index contributed by atoms with van der Waals surface area (Å²) in [7, 11) is -3.92. The van der Waals surface area contributed by atoms with Crippen LogP contribution in [0.1, 0.15) is 12.8 Å². The number of rotatable bonds is 3. The zero-order valence-electron chi connectivity index (χ0n) is 9.93. The van der Waals surface area contributed by atoms with Crippen molar-refractivity contribution in [3.8, 4) is 0 Å². The number of hydrogen-bond acceptors (Lipinski definition) is 4. The maximum atomic E-state index is 13.5. The first kappa shape index (κ1) is 14.3. The fourth-order valence-corrected chi connectivity index (χ4v) is 3.48. The first-order valence-electron chi connectivity index (χ1n) is 5.63. The van der Waals surface area contributed by atoms with Crippen LogP contribution in [0.4, 0.5) is 10.1 Å². The molecule has 0 saturated carbocycles. The van der Waals surface area contributed by atoms with Gasteiger partial charge in [-0.15, -0.1) is 11.8 Å². The van der Waals surface area contributed by atoms with Crippen LogP contribution >= 0.6 is 11.8 Å². The molecule has 1 aromatic carbocycles. The first-order chi connectivity index (χ1) is 8.88. The van der Waals surface area contributed by atoms with Crippen LogP contribution in [0, 0.1) is 5.82 Å². The van der Waals surface area contributed by atoms with E-state index < -0.39 is 15.8 Å². The third-order valence-corrected chi connectivity index (χ3v) is 5.03. The Bertz CT molecular complexity index is 598. The van der Waals surface area contributed by atoms with Gasteiger partial charge in [-0.05, 0) is 36.8 Å². The van der Waals surface area contributed by atoms with Gasteiger partial charge in [-0.1, -0.05) is 0 Å². The molecule has 1 amide bonds. The largest absolute Gasteiger partial charge is 0.323 e. The highest BCUT2D eigenvalue weighted by Gasteiger charge is 2.24. The fourth-order valence-electron chi connectivity index (χ4n) is 1.77. The molecule has 0 bridgehead atoms. The minimum Gasteiger partial charge on any atom is -0.323 e. The number of sulfonamides is 1. The highest BCUT2D eigenvalue weighted by molar-refractivity contribution is 8.00. The van der Waals surface area contributed by atoms with E-state index in [4.69, 9.17) is 5.14 Å². The molecule has 1 aliphatic heterocycles. The molecule has 1 atom stereocenters. The molecular weight excluding hydrogens is 291 g/mol. The summed E-state index contributed by atoms with van der Waals surface area (Å²) in [5.41, 5.74) is -0.163. The molecule has 1 aromatic rings. The Morgan fingerprint density at radius 3 is 2.79 bits per heavy atom. The highest BCUT2D eigenvalue weighted by atomic mass is 32.2. The van der Waals surface area contributed by atoms with Crippen LogP contribution < -0.4 is 10.5 Å². The van der Waals surface area contributed by atoms with E-state index in [1.807, 2.05) is 0 Å². The van der Waals surface area contributed by atoms with Crippen molar-refractivity contribution in [1.82, 2.24) is 0 Å². The van der Waals surface area contributed by atoms with Crippen molar-refractivity contribution in [2.75, 3.05) is 11.1 Å². The van der Waals surface area contributed by atoms with E-state index in [9.17, 15) is 17.6 Å². The number of benzene rings is 1. The van der Waals surface area contributed by atoms with Gasteiger partial charge in [-0.3, -0.25) is 4.79 Å². The van der Waals surface area contributed by atoms with Crippen molar-refractivity contribution in [1.29, 1.82) is 0 Å². The number of nitrogens with two attached hydrogens (primary N) is 1. The maximum absolute atomic E-state index is 13.5. The Morgan fingerprint density at radius 2 is 2.21 bits per heavy atom. The Kier molecular flexibility index (Phi) is 4.12. The maximum Gasteiger partial charge on any atom is 0.238 e. The topological polar surface area (TPSA) is 89.3 Å². The van der Waals surface area contributed by atoms with Gasteiger partial charge in [-0.2, -0.15) is 0 Å². The normalized spacial score (nSPS) is 19.4. The predicted molar refractivity (Wildman–Crippen MR) is 71.9 cm³/mol. The van der Waals surface area contributed by atoms with Gasteiger partial charge in [0.15, 0.2) is 0 Å². The van der Waals surface area contributed by atoms with Gasteiger partial charge < -0.3 is 5.32 Å². The number of hydrogen-bond donors (Lipinski definition) is 2. The zero-order chi connectivity index (χ0) is 14.0. The van der Waals surface area contributed by atoms with Crippen molar-refractivity contribution >= 4 is 33.4 Å². The van der Waals surface area contributed by atoms with E-state index in [0.717, 1.165) is 36.8 Å². The number of primary sulfonamides is 1. The van der Waals surface area contributed by atoms with Gasteiger partial charge in [0.05, 0.1) is 15.8 Å². The summed E-state index contributed by atoms with van der Waals surface area (Å²) in [6.07, 6.45) is 1.69. The number of carbonyl (C=O) groups excluding carboxylic acids is 1. The van der Waals surface area contributed by atoms with Gasteiger partial charge in [0.1, 0.15) is 5.82 Å². The molecule has 19 heavy (non-hydrogen) atoms. The summed E-state index contributed by atoms with van der Waals surface area (Å²) in [6, 6.07) is 3.06. The second kappa shape index (κ2) is 5.48. The molecule has 104 valence electrons. The van der Waals surface area contributed by atoms with Crippen LogP contribution in [0.2, 0.25) is 0 Å². The number of thioether (sulfide) groups is 1. The molecule has 5 nitrogen and oxygen atoms in total. The van der Waals surface area contributed by atoms with E-state index in [1.165, 1.54) is 11.8 Å². The van der Waals surface area contributed by atoms with Gasteiger partial charge in [-0.25, -0.2) is 17.9 Å². The molecule has 1 unspecified atom stereocenters. The summed E-state index contributed by atoms with van der Waals surface area (Å²) in [6.45, 7) is 0. The number of nitrogens with one attached hydrogen (secondary N) is 1. The molecule has 0 radical (unpaired) electrons. The second-order valence-corrected chi connectivity index (χ2v) is 7.05. The van der Waals surface area contributed by atoms with Gasteiger partial charge in [0.2, 0.25) is 15.9 Å². The summed E-state index contributed by atoms with van der Waals surface area (Å²) in [4.78, 5) is 11.6. The molecule has 2 rings (SSSR count). The van der Waals surface area contributed by atoms with Crippen molar-refractivity contribution in [2.45, 2.75) is 23.0 Å². The smallest absolute Gasteiger partial charge is 0.238 e. The Labute approximate surface area is 114 Å². The Morgan fingerprint density at radius 1 is 1.47 bits per heavy atom. The lowest BCUT2D eigenvalue weighted by Crippen LogP contribution is -2.23. The van der Waals surface area contributed by atoms with E-state index >= 15 is 0 Å². The third-order valence-electron chi connectivity index (χ3n) is 2.75. The lowest BCUT2D eigenvalue weighted by atomic mass is 10.2. The molecule has 1 aliphatic rings. The lowest BCUT2D eigenvalue weighted by molar-refractivity contribution is -0.115. The van der Waals surface area contributed by atoms with Crippen molar-refractivity contribution in [3.05, 3.63) is 24.0 Å². The first-order valence-corrected chi connectivity index (χ1v) is 8.22. The van der Waals surface area contributed by atoms with Gasteiger partial charge >= 0.3 is 0 Å². The Hall–Kier alpha value is -1.12. The average Bonchev–Trinajstić information content (AvgIpc) is 2.84. The van der Waals surface area contributed by atoms with E-state index in [2.05, 4.69) is 5.32 Å². The van der Waals surface area contributed by atoms with Crippen molar-refractivity contribution in [3.63, 3.8) is 0 Å². The van der Waals surface area contributed by atoms with Crippen LogP contribution in [-0.4, -0.2) is 25.3 Å². The van der Waals surface area contributed by atoms with Crippen LogP contribution in [-0.2, 0) is 14.8 Å². The summed E-state index contributed by atoms with van der Waals surface area (Å²) >= 11 is 1.51. The number of halogens is 1. The van der Waals surface area contributed by atoms with Crippen LogP contribution in [0.5, 0.6) is 0 Å². The van der Waals surface area contributed by atoms with Crippen LogP contribution in [0.25, 0.3) is 0 Å². The number of amides is 1. The Balaban J connectivity index is 2.22. The summed E-state index contributed by atoms with van der Waals surface area (Å²) in [5, 5.41) is 7.16. The SMILES string of the molecule is NS(=O)(=O)c1ccc(F)c(NC(=O)C2CCCS2)c1. The zero-order valence-corrected chi connectivity index (χ0v) is 11.6. The number of anilines is 1. The quantitative estimate of drug-likeness (QED) is 0.881. The molecule has 1 fully saturated rings. The molecule has 1 saturated heterocycles. The third kappa shape index (κ3) is 3.46. The molecule has 8 heteroatoms. The molecular formula is C11H13FN2O3S2. The monoisotopic (exact) mass is 304 g/mol. The van der Waals surface area contributed by atoms with Crippen molar-refractivity contribution < 1.29 is 17.6 Å². The average molecular weight is 304 g/mol. The molecule has 3 N–H and O–H groups in total. The molecule has 0 aliphatic carbocycles. The van der Waals surface area contributed by atoms with E-state index in [-0.39, 0.29) is 21.7 Å². The molecule has 0 aromatic heterocycles. The predicted octanol–water partition coefficient (Wildman–Crippen LogP) is 1.31. The second-order valence-electron chi connectivity index (χ2n) is 4.18. The van der Waals surface area contributed by atoms with E-state index in [0.29, 0.717) is 0 Å². The lowest BCUT2D eigenvalue weighted by Gasteiger charge is -2.11. The molecule has 0 spiro atoms. The standard InChI is InChI=1S/C11H13FN2O3S2/c12-8-4-3-7(19(13,16)17)6-9(8)14-11(15)10-2-1-5-18-10/h3-4,6,10H,1-2,5H2,(H,14,15)(H2,13,16,17). The van der Waals surface area contributed by atoms with E-state index in [1.54, 1.807) is 0 Å². The fraction of sp³-hybridized carbons (Fsp3) is 0.364. The minimum atomic E-state index is -3.92. The number of carbonyl (C=O) groups is 1. The molecule has 1 heterocycles. The van der Waals surface area contributed by atoms with Crippen LogP contribution in [0.3, 0.4) is 0 Å². The van der Waals surface area contributed by atoms with Crippen LogP contribution in [0.15, 0.2) is 23.1 Å². The summed E-state index contributed by atoms with van der Waals surface area (Å²) < 4.78 is 35.9. The van der Waals surface area contributed by atoms with Gasteiger partial charge in [0, 0.05) is 0 Å². The highest BCUT2D eigenvalue weighted by Crippen LogP contribution is 2.28. The summed E-state index contributed by atoms with van der Waals surface area (Å²) in [5.74, 6) is -0.102. The van der Waals surface area contributed by atoms with Gasteiger partial charge in [0.25, 0.3) is 0 Å². The minimum absolute atomic E-state index is 0.163.